The first kappa shape index (κ1) is 20.6. The molecular weight excluding hydrogens is 292 g/mol. The van der Waals surface area contributed by atoms with E-state index in [0.29, 0.717) is 39.0 Å². The molecule has 0 aliphatic heterocycles. The van der Waals surface area contributed by atoms with Gasteiger partial charge >= 0.3 is 0 Å². The van der Waals surface area contributed by atoms with Gasteiger partial charge in [0.05, 0.1) is 26.4 Å². The monoisotopic (exact) mass is 328 g/mol. The quantitative estimate of drug-likeness (QED) is 0.378. The highest BCUT2D eigenvalue weighted by atomic mass is 16.5. The Kier molecular flexibility index (Phi) is 14.7. The molecule has 3 N–H and O–H groups in total. The molecule has 0 unspecified atom stereocenters. The predicted molar refractivity (Wildman–Crippen MR) is 94.8 cm³/mol. The normalized spacial score (nSPS) is 20.1. The number of rotatable bonds is 14. The summed E-state index contributed by atoms with van der Waals surface area (Å²) in [6.07, 6.45) is 12.9. The minimum absolute atomic E-state index is 0.631. The number of nitrogens with one attached hydrogen (secondary N) is 1. The van der Waals surface area contributed by atoms with Crippen molar-refractivity contribution in [3.05, 3.63) is 12.2 Å². The van der Waals surface area contributed by atoms with Crippen molar-refractivity contribution in [3.63, 3.8) is 0 Å². The van der Waals surface area contributed by atoms with E-state index in [0.717, 1.165) is 32.6 Å². The van der Waals surface area contributed by atoms with Crippen molar-refractivity contribution >= 4 is 0 Å². The van der Waals surface area contributed by atoms with Crippen LogP contribution in [-0.2, 0) is 14.2 Å². The van der Waals surface area contributed by atoms with Crippen LogP contribution in [0, 0.1) is 0 Å². The Bertz CT molecular complexity index is 275. The minimum atomic E-state index is 0.631. The van der Waals surface area contributed by atoms with E-state index in [1.54, 1.807) is 0 Å². The molecule has 0 aromatic heterocycles. The van der Waals surface area contributed by atoms with Crippen molar-refractivity contribution in [2.24, 2.45) is 5.73 Å². The van der Waals surface area contributed by atoms with E-state index in [1.807, 2.05) is 0 Å². The zero-order chi connectivity index (χ0) is 16.4. The summed E-state index contributed by atoms with van der Waals surface area (Å²) >= 11 is 0. The Hall–Kier alpha value is -0.460. The fraction of sp³-hybridized carbons (Fsp3) is 0.889. The Morgan fingerprint density at radius 2 is 1.48 bits per heavy atom. The molecule has 5 nitrogen and oxygen atoms in total. The minimum Gasteiger partial charge on any atom is -0.379 e. The number of hydrogen-bond acceptors (Lipinski definition) is 5. The first-order chi connectivity index (χ1) is 11.4. The van der Waals surface area contributed by atoms with Gasteiger partial charge in [0.25, 0.3) is 0 Å². The maximum absolute atomic E-state index is 5.58. The van der Waals surface area contributed by atoms with Gasteiger partial charge in [-0.15, -0.1) is 0 Å². The molecule has 0 aromatic carbocycles. The predicted octanol–water partition coefficient (Wildman–Crippen LogP) is 2.25. The molecule has 0 spiro atoms. The Balaban J connectivity index is 1.76. The van der Waals surface area contributed by atoms with Crippen LogP contribution in [0.2, 0.25) is 0 Å². The van der Waals surface area contributed by atoms with Gasteiger partial charge in [-0.2, -0.15) is 0 Å². The molecular formula is C18H36N2O3. The summed E-state index contributed by atoms with van der Waals surface area (Å²) < 4.78 is 16.4. The highest BCUT2D eigenvalue weighted by Gasteiger charge is 2.07. The lowest BCUT2D eigenvalue weighted by molar-refractivity contribution is 0.0140. The molecule has 1 atom stereocenters. The second kappa shape index (κ2) is 16.4. The Labute approximate surface area is 141 Å². The summed E-state index contributed by atoms with van der Waals surface area (Å²) in [6.45, 7) is 5.83. The average Bonchev–Trinajstić information content (AvgIpc) is 2.53. The smallest absolute Gasteiger partial charge is 0.0701 e. The molecule has 0 radical (unpaired) electrons. The Morgan fingerprint density at radius 1 is 0.826 bits per heavy atom. The molecule has 1 aliphatic carbocycles. The molecule has 0 heterocycles. The van der Waals surface area contributed by atoms with Gasteiger partial charge in [0.15, 0.2) is 0 Å². The standard InChI is InChI=1S/C18H36N2O3/c19-10-6-12-21-14-16-23-17-15-22-13-7-11-20-18-8-4-2-1-3-5-9-18/h1-2,18,20H,3-17,19H2/b2-1-/t18-/m0/s1. The van der Waals surface area contributed by atoms with Crippen molar-refractivity contribution in [2.45, 2.75) is 51.0 Å². The van der Waals surface area contributed by atoms with Crippen LogP contribution in [0.25, 0.3) is 0 Å². The Morgan fingerprint density at radius 3 is 2.22 bits per heavy atom. The van der Waals surface area contributed by atoms with Gasteiger partial charge in [-0.3, -0.25) is 0 Å². The van der Waals surface area contributed by atoms with Crippen LogP contribution in [0.15, 0.2) is 12.2 Å². The second-order valence-corrected chi connectivity index (χ2v) is 5.96. The highest BCUT2D eigenvalue weighted by Crippen LogP contribution is 2.12. The molecule has 0 bridgehead atoms. The van der Waals surface area contributed by atoms with E-state index < -0.39 is 0 Å². The number of nitrogens with two attached hydrogens (primary N) is 1. The van der Waals surface area contributed by atoms with Gasteiger partial charge in [-0.1, -0.05) is 12.2 Å². The average molecular weight is 328 g/mol. The second-order valence-electron chi connectivity index (χ2n) is 5.96. The lowest BCUT2D eigenvalue weighted by Crippen LogP contribution is -2.30. The summed E-state index contributed by atoms with van der Waals surface area (Å²) in [7, 11) is 0. The van der Waals surface area contributed by atoms with Crippen LogP contribution in [0.4, 0.5) is 0 Å². The van der Waals surface area contributed by atoms with Crippen LogP contribution >= 0.6 is 0 Å². The maximum atomic E-state index is 5.58. The first-order valence-corrected chi connectivity index (χ1v) is 9.25. The molecule has 1 aliphatic rings. The SMILES string of the molecule is NCCCOCCOCCOCCCN[C@H]1CC/C=C\CCC1. The zero-order valence-corrected chi connectivity index (χ0v) is 14.6. The molecule has 0 fully saturated rings. The summed E-state index contributed by atoms with van der Waals surface area (Å²) in [5.74, 6) is 0. The third-order valence-electron chi connectivity index (χ3n) is 3.91. The fourth-order valence-electron chi connectivity index (χ4n) is 2.57. The van der Waals surface area contributed by atoms with Crippen LogP contribution in [-0.4, -0.2) is 58.8 Å². The van der Waals surface area contributed by atoms with Crippen LogP contribution in [0.1, 0.15) is 44.9 Å². The van der Waals surface area contributed by atoms with Crippen LogP contribution < -0.4 is 11.1 Å². The van der Waals surface area contributed by atoms with Crippen molar-refractivity contribution in [3.8, 4) is 0 Å². The van der Waals surface area contributed by atoms with Crippen molar-refractivity contribution < 1.29 is 14.2 Å². The summed E-state index contributed by atoms with van der Waals surface area (Å²) in [5.41, 5.74) is 5.38. The number of ether oxygens (including phenoxy) is 3. The molecule has 5 heteroatoms. The molecule has 1 rings (SSSR count). The number of hydrogen-bond donors (Lipinski definition) is 2. The molecule has 23 heavy (non-hydrogen) atoms. The van der Waals surface area contributed by atoms with Crippen LogP contribution in [0.5, 0.6) is 0 Å². The van der Waals surface area contributed by atoms with E-state index in [9.17, 15) is 0 Å². The molecule has 0 aromatic rings. The lowest BCUT2D eigenvalue weighted by atomic mass is 10.0. The van der Waals surface area contributed by atoms with E-state index in [-0.39, 0.29) is 0 Å². The van der Waals surface area contributed by atoms with Gasteiger partial charge < -0.3 is 25.3 Å². The molecule has 0 saturated heterocycles. The maximum Gasteiger partial charge on any atom is 0.0701 e. The molecule has 0 saturated carbocycles. The summed E-state index contributed by atoms with van der Waals surface area (Å²) in [4.78, 5) is 0. The first-order valence-electron chi connectivity index (χ1n) is 9.25. The van der Waals surface area contributed by atoms with E-state index in [1.165, 1.54) is 32.1 Å². The van der Waals surface area contributed by atoms with Crippen molar-refractivity contribution in [1.29, 1.82) is 0 Å². The van der Waals surface area contributed by atoms with E-state index in [2.05, 4.69) is 17.5 Å². The van der Waals surface area contributed by atoms with E-state index in [4.69, 9.17) is 19.9 Å². The summed E-state index contributed by atoms with van der Waals surface area (Å²) in [6, 6.07) is 0.683. The third-order valence-corrected chi connectivity index (χ3v) is 3.91. The van der Waals surface area contributed by atoms with Crippen LogP contribution in [0.3, 0.4) is 0 Å². The fourth-order valence-corrected chi connectivity index (χ4v) is 2.57. The lowest BCUT2D eigenvalue weighted by Gasteiger charge is -2.19. The highest BCUT2D eigenvalue weighted by molar-refractivity contribution is 4.86. The molecule has 136 valence electrons. The van der Waals surface area contributed by atoms with Gasteiger partial charge in [0.2, 0.25) is 0 Å². The third kappa shape index (κ3) is 13.7. The zero-order valence-electron chi connectivity index (χ0n) is 14.6. The molecule has 0 amide bonds. The van der Waals surface area contributed by atoms with Gasteiger partial charge in [0, 0.05) is 19.3 Å². The van der Waals surface area contributed by atoms with Gasteiger partial charge in [-0.05, 0) is 58.0 Å². The number of allylic oxidation sites excluding steroid dienone is 2. The summed E-state index contributed by atoms with van der Waals surface area (Å²) in [5, 5.41) is 3.65. The van der Waals surface area contributed by atoms with Crippen molar-refractivity contribution in [1.82, 2.24) is 5.32 Å². The van der Waals surface area contributed by atoms with Gasteiger partial charge in [0.1, 0.15) is 0 Å². The van der Waals surface area contributed by atoms with Gasteiger partial charge in [-0.25, -0.2) is 0 Å². The largest absolute Gasteiger partial charge is 0.379 e. The van der Waals surface area contributed by atoms with Crippen molar-refractivity contribution in [2.75, 3.05) is 52.7 Å². The van der Waals surface area contributed by atoms with E-state index >= 15 is 0 Å². The topological polar surface area (TPSA) is 65.7 Å².